The van der Waals surface area contributed by atoms with Crippen LogP contribution in [0.5, 0.6) is 0 Å². The third-order valence-corrected chi connectivity index (χ3v) is 2.91. The number of esters is 1. The van der Waals surface area contributed by atoms with Crippen molar-refractivity contribution in [3.63, 3.8) is 0 Å². The van der Waals surface area contributed by atoms with Gasteiger partial charge >= 0.3 is 5.97 Å². The Morgan fingerprint density at radius 1 is 1.75 bits per heavy atom. The maximum Gasteiger partial charge on any atom is 0.334 e. The van der Waals surface area contributed by atoms with Crippen molar-refractivity contribution < 1.29 is 14.5 Å². The molecular weight excluding hydrogens is 210 g/mol. The van der Waals surface area contributed by atoms with Crippen LogP contribution in [0.15, 0.2) is 11.6 Å². The number of nitro groups is 1. The number of carbonyl (C=O) groups excluding carboxylic acids is 1. The average molecular weight is 227 g/mol. The van der Waals surface area contributed by atoms with Crippen LogP contribution in [0.1, 0.15) is 33.1 Å². The second-order valence-electron chi connectivity index (χ2n) is 3.94. The highest BCUT2D eigenvalue weighted by atomic mass is 16.6. The van der Waals surface area contributed by atoms with Gasteiger partial charge in [0.25, 0.3) is 0 Å². The molecule has 16 heavy (non-hydrogen) atoms. The summed E-state index contributed by atoms with van der Waals surface area (Å²) >= 11 is 0. The van der Waals surface area contributed by atoms with E-state index in [0.717, 1.165) is 12.8 Å². The van der Waals surface area contributed by atoms with Gasteiger partial charge in [-0.15, -0.1) is 0 Å². The lowest BCUT2D eigenvalue weighted by molar-refractivity contribution is -0.525. The molecule has 1 aliphatic rings. The number of carbonyl (C=O) groups is 1. The lowest BCUT2D eigenvalue weighted by Crippen LogP contribution is -2.32. The third kappa shape index (κ3) is 2.81. The second kappa shape index (κ2) is 5.63. The highest BCUT2D eigenvalue weighted by molar-refractivity contribution is 5.89. The molecule has 90 valence electrons. The van der Waals surface area contributed by atoms with E-state index in [2.05, 4.69) is 0 Å². The minimum Gasteiger partial charge on any atom is -0.463 e. The molecule has 0 aromatic rings. The van der Waals surface area contributed by atoms with Gasteiger partial charge in [0, 0.05) is 17.4 Å². The summed E-state index contributed by atoms with van der Waals surface area (Å²) in [7, 11) is 0. The van der Waals surface area contributed by atoms with Crippen molar-refractivity contribution in [2.45, 2.75) is 39.2 Å². The molecule has 0 N–H and O–H groups in total. The fourth-order valence-electron chi connectivity index (χ4n) is 2.00. The molecule has 0 fully saturated rings. The predicted molar refractivity (Wildman–Crippen MR) is 58.5 cm³/mol. The molecule has 1 rings (SSSR count). The van der Waals surface area contributed by atoms with E-state index in [1.807, 2.05) is 0 Å². The monoisotopic (exact) mass is 227 g/mol. The quantitative estimate of drug-likeness (QED) is 0.418. The van der Waals surface area contributed by atoms with Crippen LogP contribution in [0.2, 0.25) is 0 Å². The van der Waals surface area contributed by atoms with E-state index in [9.17, 15) is 14.9 Å². The van der Waals surface area contributed by atoms with Crippen LogP contribution in [-0.4, -0.2) is 23.5 Å². The molecule has 2 unspecified atom stereocenters. The number of hydrogen-bond acceptors (Lipinski definition) is 4. The van der Waals surface area contributed by atoms with E-state index in [0.29, 0.717) is 18.6 Å². The molecule has 0 saturated heterocycles. The van der Waals surface area contributed by atoms with Crippen molar-refractivity contribution in [1.29, 1.82) is 0 Å². The molecule has 0 spiro atoms. The van der Waals surface area contributed by atoms with Crippen LogP contribution >= 0.6 is 0 Å². The van der Waals surface area contributed by atoms with Crippen molar-refractivity contribution >= 4 is 5.97 Å². The van der Waals surface area contributed by atoms with Gasteiger partial charge in [0.2, 0.25) is 6.04 Å². The number of allylic oxidation sites excluding steroid dienone is 1. The summed E-state index contributed by atoms with van der Waals surface area (Å²) in [6.07, 6.45) is 4.17. The highest BCUT2D eigenvalue weighted by Crippen LogP contribution is 2.29. The first-order valence-corrected chi connectivity index (χ1v) is 5.58. The van der Waals surface area contributed by atoms with Gasteiger partial charge in [0.05, 0.1) is 12.5 Å². The maximum absolute atomic E-state index is 11.6. The Morgan fingerprint density at radius 3 is 3.00 bits per heavy atom. The van der Waals surface area contributed by atoms with E-state index >= 15 is 0 Å². The van der Waals surface area contributed by atoms with Gasteiger partial charge < -0.3 is 4.74 Å². The van der Waals surface area contributed by atoms with Crippen LogP contribution in [0, 0.1) is 16.0 Å². The lowest BCUT2D eigenvalue weighted by atomic mass is 9.83. The minimum atomic E-state index is -0.726. The fourth-order valence-corrected chi connectivity index (χ4v) is 2.00. The molecule has 0 amide bonds. The summed E-state index contributed by atoms with van der Waals surface area (Å²) < 4.78 is 4.91. The van der Waals surface area contributed by atoms with Crippen molar-refractivity contribution in [3.05, 3.63) is 21.8 Å². The normalized spacial score (nSPS) is 22.1. The van der Waals surface area contributed by atoms with E-state index in [1.54, 1.807) is 19.9 Å². The SMILES string of the molecule is CCOC(=O)C1=CCCCC1C(C)[N+](=O)[O-]. The molecular formula is C11H17NO4. The van der Waals surface area contributed by atoms with Gasteiger partial charge in [0.15, 0.2) is 0 Å². The summed E-state index contributed by atoms with van der Waals surface area (Å²) in [5.74, 6) is -0.705. The van der Waals surface area contributed by atoms with E-state index < -0.39 is 12.0 Å². The largest absolute Gasteiger partial charge is 0.463 e. The highest BCUT2D eigenvalue weighted by Gasteiger charge is 2.35. The first-order valence-electron chi connectivity index (χ1n) is 5.58. The fraction of sp³-hybridized carbons (Fsp3) is 0.727. The molecule has 0 aromatic heterocycles. The molecule has 0 aliphatic heterocycles. The van der Waals surface area contributed by atoms with Gasteiger partial charge in [-0.25, -0.2) is 4.79 Å². The van der Waals surface area contributed by atoms with E-state index in [1.165, 1.54) is 0 Å². The molecule has 5 heteroatoms. The van der Waals surface area contributed by atoms with Crippen LogP contribution in [0.4, 0.5) is 0 Å². The Morgan fingerprint density at radius 2 is 2.44 bits per heavy atom. The Kier molecular flexibility index (Phi) is 4.46. The summed E-state index contributed by atoms with van der Waals surface area (Å²) in [5, 5.41) is 10.8. The molecule has 0 saturated carbocycles. The zero-order valence-corrected chi connectivity index (χ0v) is 9.64. The van der Waals surface area contributed by atoms with Crippen LogP contribution in [0.3, 0.4) is 0 Å². The molecule has 0 aromatic carbocycles. The standard InChI is InChI=1S/C11H17NO4/c1-3-16-11(13)10-7-5-4-6-9(10)8(2)12(14)15/h7-9H,3-6H2,1-2H3. The molecule has 0 bridgehead atoms. The van der Waals surface area contributed by atoms with Gasteiger partial charge in [-0.2, -0.15) is 0 Å². The third-order valence-electron chi connectivity index (χ3n) is 2.91. The zero-order chi connectivity index (χ0) is 12.1. The molecule has 5 nitrogen and oxygen atoms in total. The van der Waals surface area contributed by atoms with E-state index in [-0.39, 0.29) is 10.8 Å². The number of hydrogen-bond donors (Lipinski definition) is 0. The van der Waals surface area contributed by atoms with Crippen LogP contribution in [0.25, 0.3) is 0 Å². The molecule has 0 heterocycles. The van der Waals surface area contributed by atoms with Crippen molar-refractivity contribution in [3.8, 4) is 0 Å². The first kappa shape index (κ1) is 12.7. The Bertz CT molecular complexity index is 311. The Balaban J connectivity index is 2.82. The summed E-state index contributed by atoms with van der Waals surface area (Å²) in [6.45, 7) is 3.58. The van der Waals surface area contributed by atoms with Gasteiger partial charge in [0.1, 0.15) is 0 Å². The topological polar surface area (TPSA) is 69.4 Å². The number of rotatable bonds is 4. The number of nitrogens with zero attached hydrogens (tertiary/aromatic N) is 1. The lowest BCUT2D eigenvalue weighted by Gasteiger charge is -2.23. The van der Waals surface area contributed by atoms with E-state index in [4.69, 9.17) is 4.74 Å². The van der Waals surface area contributed by atoms with Crippen molar-refractivity contribution in [2.75, 3.05) is 6.61 Å². The Labute approximate surface area is 94.6 Å². The summed E-state index contributed by atoms with van der Waals surface area (Å²) in [4.78, 5) is 22.0. The average Bonchev–Trinajstić information content (AvgIpc) is 2.28. The van der Waals surface area contributed by atoms with Crippen LogP contribution < -0.4 is 0 Å². The Hall–Kier alpha value is -1.39. The van der Waals surface area contributed by atoms with Crippen molar-refractivity contribution in [1.82, 2.24) is 0 Å². The van der Waals surface area contributed by atoms with Gasteiger partial charge in [-0.1, -0.05) is 6.08 Å². The van der Waals surface area contributed by atoms with Gasteiger partial charge in [-0.05, 0) is 26.2 Å². The molecule has 1 aliphatic carbocycles. The minimum absolute atomic E-state index is 0.301. The van der Waals surface area contributed by atoms with Gasteiger partial charge in [-0.3, -0.25) is 10.1 Å². The smallest absolute Gasteiger partial charge is 0.334 e. The molecule has 0 radical (unpaired) electrons. The maximum atomic E-state index is 11.6. The predicted octanol–water partition coefficient (Wildman–Crippen LogP) is 1.94. The van der Waals surface area contributed by atoms with Crippen molar-refractivity contribution in [2.24, 2.45) is 5.92 Å². The summed E-state index contributed by atoms with van der Waals surface area (Å²) in [5.41, 5.74) is 0.484. The molecule has 2 atom stereocenters. The summed E-state index contributed by atoms with van der Waals surface area (Å²) in [6, 6.07) is -0.726. The zero-order valence-electron chi connectivity index (χ0n) is 9.64. The second-order valence-corrected chi connectivity index (χ2v) is 3.94. The number of ether oxygens (including phenoxy) is 1. The first-order chi connectivity index (χ1) is 7.57. The van der Waals surface area contributed by atoms with Crippen LogP contribution in [-0.2, 0) is 9.53 Å².